The van der Waals surface area contributed by atoms with E-state index in [-0.39, 0.29) is 48.5 Å². The number of carbonyl (C=O) groups is 1. The predicted molar refractivity (Wildman–Crippen MR) is 126 cm³/mol. The van der Waals surface area contributed by atoms with Crippen molar-refractivity contribution in [2.24, 2.45) is 0 Å². The van der Waals surface area contributed by atoms with E-state index >= 15 is 0 Å². The van der Waals surface area contributed by atoms with Gasteiger partial charge in [-0.1, -0.05) is 0 Å². The molecule has 2 aromatic rings. The van der Waals surface area contributed by atoms with Crippen molar-refractivity contribution >= 4 is 73.6 Å². The number of amides is 1. The molecular weight excluding hydrogens is 553 g/mol. The van der Waals surface area contributed by atoms with Crippen molar-refractivity contribution in [2.75, 3.05) is 21.9 Å². The second kappa shape index (κ2) is 12.3. The predicted octanol–water partition coefficient (Wildman–Crippen LogP) is 1.40. The van der Waals surface area contributed by atoms with Crippen molar-refractivity contribution in [3.05, 3.63) is 64.1 Å². The zero-order valence-corrected chi connectivity index (χ0v) is 22.1. The summed E-state index contributed by atoms with van der Waals surface area (Å²) >= 11 is 4.66. The number of rotatable bonds is 7. The summed E-state index contributed by atoms with van der Waals surface area (Å²) in [5.41, 5.74) is 2.12. The van der Waals surface area contributed by atoms with Crippen molar-refractivity contribution in [3.8, 4) is 0 Å². The van der Waals surface area contributed by atoms with E-state index in [4.69, 9.17) is 11.6 Å². The standard InChI is InChI=1S/C18H20ClN6O2.2ClH.In/c1-13-12-23-17(22-10-7-14-5-3-4-9-21-14)18(27)25(13)24-15(6-8-19)11-16(26)20-2;;;/h3-6,9,12H,7,10-11H2,1-2H3,(H,20,26)(H,22,23);2*1H;/q-1;;;+1. The van der Waals surface area contributed by atoms with Crippen LogP contribution in [0.5, 0.6) is 0 Å². The van der Waals surface area contributed by atoms with Gasteiger partial charge >= 0.3 is 179 Å². The Morgan fingerprint density at radius 1 is 1.27 bits per heavy atom. The molecule has 0 bridgehead atoms. The van der Waals surface area contributed by atoms with Crippen molar-refractivity contribution in [1.29, 1.82) is 0 Å². The maximum Gasteiger partial charge on any atom is -0.147 e. The Balaban J connectivity index is 0.00000225. The number of anilines is 1. The monoisotopic (exact) mass is 574 g/mol. The van der Waals surface area contributed by atoms with Crippen LogP contribution in [0.2, 0.25) is 0 Å². The Labute approximate surface area is 203 Å². The van der Waals surface area contributed by atoms with E-state index in [0.717, 1.165) is 14.1 Å². The van der Waals surface area contributed by atoms with Crippen molar-refractivity contribution < 1.29 is 4.79 Å². The van der Waals surface area contributed by atoms with Gasteiger partial charge in [0.2, 0.25) is 0 Å². The fraction of sp³-hybridized carbons (Fsp3) is 0.278. The summed E-state index contributed by atoms with van der Waals surface area (Å²) in [5.74, 6) is 0.144. The van der Waals surface area contributed by atoms with Crippen molar-refractivity contribution in [2.45, 2.75) is 19.8 Å². The number of halogens is 3. The molecule has 2 aromatic heterocycles. The van der Waals surface area contributed by atoms with Gasteiger partial charge < -0.3 is 0 Å². The van der Waals surface area contributed by atoms with Gasteiger partial charge in [0.05, 0.1) is 0 Å². The minimum absolute atomic E-state index is 0. The molecule has 1 aliphatic rings. The molecule has 12 heteroatoms. The van der Waals surface area contributed by atoms with E-state index < -0.39 is 22.7 Å². The topological polar surface area (TPSA) is 92.2 Å². The molecule has 3 rings (SSSR count). The summed E-state index contributed by atoms with van der Waals surface area (Å²) in [4.78, 5) is 33.4. The first-order valence-corrected chi connectivity index (χ1v) is 12.3. The van der Waals surface area contributed by atoms with Gasteiger partial charge in [-0.25, -0.2) is 0 Å². The molecule has 30 heavy (non-hydrogen) atoms. The number of aryl methyl sites for hydroxylation is 1. The molecule has 0 radical (unpaired) electrons. The van der Waals surface area contributed by atoms with Crippen LogP contribution in [0.1, 0.15) is 17.8 Å². The van der Waals surface area contributed by atoms with E-state index in [0.29, 0.717) is 18.7 Å². The molecule has 160 valence electrons. The molecule has 0 saturated carbocycles. The van der Waals surface area contributed by atoms with Crippen LogP contribution in [-0.2, 0) is 11.2 Å². The maximum absolute atomic E-state index is 13.1. The number of hydrogen-bond acceptors (Lipinski definition) is 6. The molecule has 8 nitrogen and oxygen atoms in total. The molecule has 2 N–H and O–H groups in total. The fourth-order valence-corrected chi connectivity index (χ4v) is 7.08. The molecule has 0 aliphatic carbocycles. The molecule has 0 spiro atoms. The number of pyridine rings is 1. The van der Waals surface area contributed by atoms with Crippen LogP contribution < -0.4 is 19.2 Å². The summed E-state index contributed by atoms with van der Waals surface area (Å²) in [7, 11) is 1.59. The molecule has 0 saturated heterocycles. The van der Waals surface area contributed by atoms with Crippen LogP contribution in [0.3, 0.4) is 0 Å². The van der Waals surface area contributed by atoms with E-state index in [1.165, 1.54) is 0 Å². The largest absolute Gasteiger partial charge is 0.147 e. The molecule has 0 fully saturated rings. The maximum atomic E-state index is 13.1. The van der Waals surface area contributed by atoms with Crippen molar-refractivity contribution in [1.82, 2.24) is 20.0 Å². The summed E-state index contributed by atoms with van der Waals surface area (Å²) < 4.78 is 4.24. The van der Waals surface area contributed by atoms with Gasteiger partial charge in [0.15, 0.2) is 0 Å². The minimum Gasteiger partial charge on any atom is -0.147 e. The average Bonchev–Trinajstić information content (AvgIpc) is 3.04. The summed E-state index contributed by atoms with van der Waals surface area (Å²) in [6, 6.07) is 5.73. The Morgan fingerprint density at radius 2 is 2.03 bits per heavy atom. The third-order valence-corrected chi connectivity index (χ3v) is 8.44. The normalized spacial score (nSPS) is 12.0. The van der Waals surface area contributed by atoms with Gasteiger partial charge in [0.25, 0.3) is 0 Å². The number of aromatic nitrogens is 3. The SMILES string of the molecule is CNC(=O)CC1=C[C](Cl)=[In][N]1n1c(C)cnc(NCCc2ccccn2)c1=O.Cl.Cl. The second-order valence-electron chi connectivity index (χ2n) is 6.21. The first-order valence-electron chi connectivity index (χ1n) is 8.80. The third kappa shape index (κ3) is 6.47. The molecule has 0 atom stereocenters. The minimum atomic E-state index is -1.62. The van der Waals surface area contributed by atoms with Crippen LogP contribution in [-0.4, -0.2) is 59.6 Å². The van der Waals surface area contributed by atoms with E-state index in [9.17, 15) is 9.59 Å². The molecule has 0 aromatic carbocycles. The Morgan fingerprint density at radius 3 is 2.70 bits per heavy atom. The average molecular weight is 576 g/mol. The smallest absolute Gasteiger partial charge is 0.147 e. The number of nitrogens with zero attached hydrogens (tertiary/aromatic N) is 4. The quantitative estimate of drug-likeness (QED) is 0.519. The summed E-state index contributed by atoms with van der Waals surface area (Å²) in [6.07, 6.45) is 6.05. The molecule has 1 amide bonds. The third-order valence-electron chi connectivity index (χ3n) is 4.19. The van der Waals surface area contributed by atoms with Gasteiger partial charge in [0, 0.05) is 0 Å². The van der Waals surface area contributed by atoms with Gasteiger partial charge in [-0.3, -0.25) is 0 Å². The fourth-order valence-electron chi connectivity index (χ4n) is 2.81. The molecular formula is C18H22Cl3InN6O2. The van der Waals surface area contributed by atoms with Crippen LogP contribution >= 0.6 is 36.4 Å². The number of allylic oxidation sites excluding steroid dienone is 1. The molecule has 1 aliphatic heterocycles. The first-order chi connectivity index (χ1) is 13.5. The number of hydrogen-bond donors (Lipinski definition) is 2. The Hall–Kier alpha value is -1.55. The molecule has 3 heterocycles. The molecule has 0 unspecified atom stereocenters. The zero-order chi connectivity index (χ0) is 20.1. The van der Waals surface area contributed by atoms with E-state index in [2.05, 4.69) is 20.6 Å². The number of carbonyl (C=O) groups excluding carboxylic acids is 1. The summed E-state index contributed by atoms with van der Waals surface area (Å²) in [5, 5.41) is 5.71. The van der Waals surface area contributed by atoms with E-state index in [1.54, 1.807) is 30.2 Å². The van der Waals surface area contributed by atoms with Gasteiger partial charge in [-0.15, -0.1) is 24.8 Å². The van der Waals surface area contributed by atoms with Crippen LogP contribution in [0.25, 0.3) is 0 Å². The van der Waals surface area contributed by atoms with Crippen molar-refractivity contribution in [3.63, 3.8) is 0 Å². The van der Waals surface area contributed by atoms with Crippen LogP contribution in [0.4, 0.5) is 5.82 Å². The van der Waals surface area contributed by atoms with Crippen LogP contribution in [0, 0.1) is 6.92 Å². The van der Waals surface area contributed by atoms with Gasteiger partial charge in [-0.2, -0.15) is 0 Å². The van der Waals surface area contributed by atoms with Gasteiger partial charge in [-0.05, 0) is 0 Å². The Bertz CT molecular complexity index is 997. The Kier molecular flexibility index (Phi) is 10.9. The first kappa shape index (κ1) is 26.5. The van der Waals surface area contributed by atoms with Gasteiger partial charge in [0.1, 0.15) is 0 Å². The zero-order valence-electron chi connectivity index (χ0n) is 16.5. The number of nitrogens with one attached hydrogen (secondary N) is 2. The summed E-state index contributed by atoms with van der Waals surface area (Å²) in [6.45, 7) is 2.36. The second-order valence-corrected chi connectivity index (χ2v) is 11.6. The van der Waals surface area contributed by atoms with E-state index in [1.807, 2.05) is 28.1 Å². The van der Waals surface area contributed by atoms with Crippen LogP contribution in [0.15, 0.2) is 47.2 Å².